The van der Waals surface area contributed by atoms with Gasteiger partial charge in [0, 0.05) is 34.6 Å². The molecule has 33 heavy (non-hydrogen) atoms. The molecule has 7 heteroatoms. The third-order valence-corrected chi connectivity index (χ3v) is 5.65. The van der Waals surface area contributed by atoms with Crippen LogP contribution in [0.25, 0.3) is 16.5 Å². The molecule has 2 heterocycles. The van der Waals surface area contributed by atoms with Gasteiger partial charge in [-0.2, -0.15) is 10.2 Å². The summed E-state index contributed by atoms with van der Waals surface area (Å²) in [4.78, 5) is 25.6. The quantitative estimate of drug-likeness (QED) is 0.358. The van der Waals surface area contributed by atoms with Crippen LogP contribution in [0, 0.1) is 20.8 Å². The van der Waals surface area contributed by atoms with Gasteiger partial charge < -0.3 is 4.57 Å². The number of aromatic nitrogens is 3. The van der Waals surface area contributed by atoms with Gasteiger partial charge >= 0.3 is 0 Å². The van der Waals surface area contributed by atoms with E-state index < -0.39 is 5.91 Å². The lowest BCUT2D eigenvalue weighted by atomic mass is 10.1. The summed E-state index contributed by atoms with van der Waals surface area (Å²) in [5.41, 5.74) is 7.84. The molecule has 2 aromatic carbocycles. The fourth-order valence-electron chi connectivity index (χ4n) is 3.99. The molecule has 0 aliphatic rings. The predicted octanol–water partition coefficient (Wildman–Crippen LogP) is 4.29. The Balaban J connectivity index is 1.61. The van der Waals surface area contributed by atoms with Crippen molar-refractivity contribution in [2.24, 2.45) is 5.10 Å². The summed E-state index contributed by atoms with van der Waals surface area (Å²) in [5, 5.41) is 9.48. The topological polar surface area (TPSA) is 81.3 Å². The molecule has 0 fully saturated rings. The highest BCUT2D eigenvalue weighted by Gasteiger charge is 2.16. The van der Waals surface area contributed by atoms with Crippen molar-refractivity contribution < 1.29 is 4.79 Å². The Labute approximate surface area is 192 Å². The fraction of sp³-hybridized carbons (Fsp3) is 0.231. The van der Waals surface area contributed by atoms with Crippen molar-refractivity contribution in [3.63, 3.8) is 0 Å². The smallest absolute Gasteiger partial charge is 0.292 e. The van der Waals surface area contributed by atoms with Crippen LogP contribution in [-0.2, 0) is 6.54 Å². The van der Waals surface area contributed by atoms with Crippen LogP contribution in [0.15, 0.2) is 64.5 Å². The van der Waals surface area contributed by atoms with Crippen LogP contribution in [0.3, 0.4) is 0 Å². The van der Waals surface area contributed by atoms with Gasteiger partial charge in [-0.3, -0.25) is 9.59 Å². The highest BCUT2D eigenvalue weighted by molar-refractivity contribution is 6.05. The Bertz CT molecular complexity index is 1410. The van der Waals surface area contributed by atoms with Gasteiger partial charge in [0.25, 0.3) is 11.5 Å². The molecule has 0 aliphatic heterocycles. The molecule has 0 saturated heterocycles. The number of hydrogen-bond donors (Lipinski definition) is 1. The first-order valence-electron chi connectivity index (χ1n) is 11.0. The standard InChI is InChI=1S/C26H27N5O2/c1-5-14-30-26(33)23-9-7-6-8-22(23)24(29-30)25(32)28-27-16-20-15-18(3)31(19(20)4)21-12-10-17(2)11-13-21/h6-13,15-16H,5,14H2,1-4H3,(H,28,32)/b27-16+. The predicted molar refractivity (Wildman–Crippen MR) is 131 cm³/mol. The van der Waals surface area contributed by atoms with E-state index in [1.165, 1.54) is 10.2 Å². The molecular formula is C26H27N5O2. The third-order valence-electron chi connectivity index (χ3n) is 5.65. The molecule has 4 rings (SSSR count). The summed E-state index contributed by atoms with van der Waals surface area (Å²) >= 11 is 0. The Hall–Kier alpha value is -4.00. The largest absolute Gasteiger partial charge is 0.318 e. The lowest BCUT2D eigenvalue weighted by Gasteiger charge is -2.10. The minimum Gasteiger partial charge on any atom is -0.318 e. The van der Waals surface area contributed by atoms with Gasteiger partial charge in [0.2, 0.25) is 0 Å². The maximum Gasteiger partial charge on any atom is 0.292 e. The normalized spacial score (nSPS) is 11.4. The summed E-state index contributed by atoms with van der Waals surface area (Å²) in [5.74, 6) is -0.459. The van der Waals surface area contributed by atoms with Crippen molar-refractivity contribution in [2.75, 3.05) is 0 Å². The van der Waals surface area contributed by atoms with Crippen molar-refractivity contribution in [3.05, 3.63) is 93.2 Å². The molecule has 2 aromatic heterocycles. The highest BCUT2D eigenvalue weighted by Crippen LogP contribution is 2.20. The second-order valence-electron chi connectivity index (χ2n) is 8.12. The monoisotopic (exact) mass is 441 g/mol. The van der Waals surface area contributed by atoms with E-state index in [0.29, 0.717) is 17.3 Å². The van der Waals surface area contributed by atoms with E-state index >= 15 is 0 Å². The van der Waals surface area contributed by atoms with Crippen molar-refractivity contribution in [1.29, 1.82) is 0 Å². The summed E-state index contributed by atoms with van der Waals surface area (Å²) in [6, 6.07) is 17.4. The molecule has 1 amide bonds. The highest BCUT2D eigenvalue weighted by atomic mass is 16.2. The molecule has 7 nitrogen and oxygen atoms in total. The lowest BCUT2D eigenvalue weighted by molar-refractivity contribution is 0.0949. The van der Waals surface area contributed by atoms with Gasteiger partial charge in [0.1, 0.15) is 0 Å². The van der Waals surface area contributed by atoms with Crippen LogP contribution in [0.2, 0.25) is 0 Å². The van der Waals surface area contributed by atoms with Gasteiger partial charge in [-0.25, -0.2) is 10.1 Å². The summed E-state index contributed by atoms with van der Waals surface area (Å²) < 4.78 is 3.49. The van der Waals surface area contributed by atoms with Crippen LogP contribution in [0.4, 0.5) is 0 Å². The van der Waals surface area contributed by atoms with Crippen molar-refractivity contribution in [1.82, 2.24) is 19.8 Å². The van der Waals surface area contributed by atoms with Crippen LogP contribution >= 0.6 is 0 Å². The minimum absolute atomic E-state index is 0.181. The van der Waals surface area contributed by atoms with Gasteiger partial charge in [-0.15, -0.1) is 0 Å². The number of hydrazone groups is 1. The van der Waals surface area contributed by atoms with E-state index in [1.54, 1.807) is 30.5 Å². The molecule has 1 N–H and O–H groups in total. The lowest BCUT2D eigenvalue weighted by Crippen LogP contribution is -2.29. The summed E-state index contributed by atoms with van der Waals surface area (Å²) in [7, 11) is 0. The average Bonchev–Trinajstić information content (AvgIpc) is 3.09. The first kappa shape index (κ1) is 22.2. The number of carbonyl (C=O) groups is 1. The van der Waals surface area contributed by atoms with Gasteiger partial charge in [0.15, 0.2) is 5.69 Å². The number of carbonyl (C=O) groups excluding carboxylic acids is 1. The van der Waals surface area contributed by atoms with E-state index in [1.807, 2.05) is 26.8 Å². The molecule has 4 aromatic rings. The van der Waals surface area contributed by atoms with Crippen molar-refractivity contribution in [3.8, 4) is 5.69 Å². The third kappa shape index (κ3) is 4.35. The van der Waals surface area contributed by atoms with Gasteiger partial charge in [0.05, 0.1) is 11.6 Å². The Morgan fingerprint density at radius 2 is 1.76 bits per heavy atom. The minimum atomic E-state index is -0.459. The molecule has 0 radical (unpaired) electrons. The fourth-order valence-corrected chi connectivity index (χ4v) is 3.99. The Morgan fingerprint density at radius 3 is 2.45 bits per heavy atom. The number of nitrogens with zero attached hydrogens (tertiary/aromatic N) is 4. The second-order valence-corrected chi connectivity index (χ2v) is 8.12. The van der Waals surface area contributed by atoms with Crippen LogP contribution in [0.5, 0.6) is 0 Å². The van der Waals surface area contributed by atoms with E-state index in [9.17, 15) is 9.59 Å². The average molecular weight is 442 g/mol. The molecule has 0 aliphatic carbocycles. The van der Waals surface area contributed by atoms with E-state index in [2.05, 4.69) is 51.4 Å². The van der Waals surface area contributed by atoms with E-state index in [-0.39, 0.29) is 11.3 Å². The Kier molecular flexibility index (Phi) is 6.22. The molecule has 0 bridgehead atoms. The van der Waals surface area contributed by atoms with Crippen LogP contribution in [0.1, 0.15) is 46.3 Å². The number of amides is 1. The number of rotatable bonds is 6. The van der Waals surface area contributed by atoms with Crippen LogP contribution < -0.4 is 11.0 Å². The number of fused-ring (bicyclic) bond motifs is 1. The second kappa shape index (κ2) is 9.24. The summed E-state index contributed by atoms with van der Waals surface area (Å²) in [6.07, 6.45) is 2.37. The zero-order valence-corrected chi connectivity index (χ0v) is 19.3. The van der Waals surface area contributed by atoms with E-state index in [0.717, 1.165) is 29.1 Å². The van der Waals surface area contributed by atoms with Crippen molar-refractivity contribution in [2.45, 2.75) is 40.7 Å². The van der Waals surface area contributed by atoms with Gasteiger partial charge in [-0.05, 0) is 51.5 Å². The Morgan fingerprint density at radius 1 is 1.06 bits per heavy atom. The van der Waals surface area contributed by atoms with Gasteiger partial charge in [-0.1, -0.05) is 42.8 Å². The molecule has 0 atom stereocenters. The number of aryl methyl sites for hydroxylation is 3. The van der Waals surface area contributed by atoms with Crippen LogP contribution in [-0.4, -0.2) is 26.5 Å². The first-order valence-corrected chi connectivity index (χ1v) is 11.0. The molecular weight excluding hydrogens is 414 g/mol. The maximum atomic E-state index is 12.9. The molecule has 168 valence electrons. The molecule has 0 unspecified atom stereocenters. The van der Waals surface area contributed by atoms with Crippen molar-refractivity contribution >= 4 is 22.9 Å². The number of hydrogen-bond acceptors (Lipinski definition) is 4. The molecule has 0 saturated carbocycles. The first-order chi connectivity index (χ1) is 15.9. The molecule has 0 spiro atoms. The SMILES string of the molecule is CCCn1nc(C(=O)N/N=C/c2cc(C)n(-c3ccc(C)cc3)c2C)c2ccccc2c1=O. The number of benzene rings is 2. The summed E-state index contributed by atoms with van der Waals surface area (Å²) in [6.45, 7) is 8.52. The zero-order valence-electron chi connectivity index (χ0n) is 19.3. The zero-order chi connectivity index (χ0) is 23.5. The number of nitrogens with one attached hydrogen (secondary N) is 1. The maximum absolute atomic E-state index is 12.9. The van der Waals surface area contributed by atoms with E-state index in [4.69, 9.17) is 0 Å².